The van der Waals surface area contributed by atoms with E-state index in [0.29, 0.717) is 12.1 Å². The van der Waals surface area contributed by atoms with Crippen LogP contribution in [0.3, 0.4) is 0 Å². The number of rotatable bonds is 5. The number of H-pyrrole nitrogens is 1. The summed E-state index contributed by atoms with van der Waals surface area (Å²) >= 11 is 0. The van der Waals surface area contributed by atoms with Crippen LogP contribution in [0.4, 0.5) is 5.69 Å². The Morgan fingerprint density at radius 1 is 1.33 bits per heavy atom. The van der Waals surface area contributed by atoms with Crippen molar-refractivity contribution >= 4 is 11.6 Å². The molecule has 5 heteroatoms. The normalized spacial score (nSPS) is 10.1. The number of hydrogen-bond donors (Lipinski definition) is 3. The average Bonchev–Trinajstić information content (AvgIpc) is 2.92. The van der Waals surface area contributed by atoms with Crippen LogP contribution in [0, 0.1) is 0 Å². The zero-order valence-electron chi connectivity index (χ0n) is 10.2. The summed E-state index contributed by atoms with van der Waals surface area (Å²) in [5, 5.41) is 5.88. The Bertz CT molecular complexity index is 490. The molecule has 0 aliphatic carbocycles. The van der Waals surface area contributed by atoms with E-state index in [2.05, 4.69) is 20.6 Å². The molecule has 3 N–H and O–H groups in total. The SMILES string of the molecule is CNc1ccc(C(=O)NCCc2cnc[nH]2)cc1. The number of aromatic nitrogens is 2. The quantitative estimate of drug-likeness (QED) is 0.745. The van der Waals surface area contributed by atoms with Crippen molar-refractivity contribution in [3.63, 3.8) is 0 Å². The molecule has 0 saturated carbocycles. The van der Waals surface area contributed by atoms with E-state index >= 15 is 0 Å². The van der Waals surface area contributed by atoms with E-state index in [1.165, 1.54) is 0 Å². The monoisotopic (exact) mass is 244 g/mol. The summed E-state index contributed by atoms with van der Waals surface area (Å²) in [6.45, 7) is 0.592. The zero-order chi connectivity index (χ0) is 12.8. The van der Waals surface area contributed by atoms with Crippen LogP contribution < -0.4 is 10.6 Å². The van der Waals surface area contributed by atoms with Crippen LogP contribution in [0.15, 0.2) is 36.8 Å². The number of nitrogens with one attached hydrogen (secondary N) is 3. The number of aromatic amines is 1. The molecule has 5 nitrogen and oxygen atoms in total. The van der Waals surface area contributed by atoms with Gasteiger partial charge in [0.05, 0.1) is 6.33 Å². The minimum atomic E-state index is -0.0582. The highest BCUT2D eigenvalue weighted by molar-refractivity contribution is 5.94. The number of carbonyl (C=O) groups excluding carboxylic acids is 1. The van der Waals surface area contributed by atoms with Gasteiger partial charge >= 0.3 is 0 Å². The van der Waals surface area contributed by atoms with E-state index in [4.69, 9.17) is 0 Å². The highest BCUT2D eigenvalue weighted by Gasteiger charge is 2.04. The molecule has 0 spiro atoms. The van der Waals surface area contributed by atoms with Gasteiger partial charge in [0.2, 0.25) is 0 Å². The molecule has 1 aromatic heterocycles. The summed E-state index contributed by atoms with van der Waals surface area (Å²) in [4.78, 5) is 18.7. The van der Waals surface area contributed by atoms with Gasteiger partial charge in [-0.15, -0.1) is 0 Å². The van der Waals surface area contributed by atoms with E-state index < -0.39 is 0 Å². The molecule has 2 aromatic rings. The predicted octanol–water partition coefficient (Wildman–Crippen LogP) is 1.42. The minimum Gasteiger partial charge on any atom is -0.388 e. The van der Waals surface area contributed by atoms with E-state index in [-0.39, 0.29) is 5.91 Å². The van der Waals surface area contributed by atoms with Crippen LogP contribution >= 0.6 is 0 Å². The van der Waals surface area contributed by atoms with Crippen molar-refractivity contribution in [2.45, 2.75) is 6.42 Å². The molecule has 0 atom stereocenters. The molecule has 1 heterocycles. The van der Waals surface area contributed by atoms with Gasteiger partial charge in [0.25, 0.3) is 5.91 Å². The Morgan fingerprint density at radius 2 is 2.11 bits per heavy atom. The topological polar surface area (TPSA) is 69.8 Å². The fourth-order valence-electron chi connectivity index (χ4n) is 1.62. The first-order valence-corrected chi connectivity index (χ1v) is 5.83. The smallest absolute Gasteiger partial charge is 0.251 e. The third kappa shape index (κ3) is 3.10. The van der Waals surface area contributed by atoms with Gasteiger partial charge in [0.15, 0.2) is 0 Å². The molecular formula is C13H16N4O. The standard InChI is InChI=1S/C13H16N4O/c1-14-11-4-2-10(3-5-11)13(18)16-7-6-12-8-15-9-17-12/h2-5,8-9,14H,6-7H2,1H3,(H,15,17)(H,16,18). The molecule has 0 saturated heterocycles. The second-order valence-corrected chi connectivity index (χ2v) is 3.91. The lowest BCUT2D eigenvalue weighted by molar-refractivity contribution is 0.0954. The third-order valence-electron chi connectivity index (χ3n) is 2.67. The molecular weight excluding hydrogens is 228 g/mol. The molecule has 1 amide bonds. The van der Waals surface area contributed by atoms with Gasteiger partial charge in [-0.1, -0.05) is 0 Å². The molecule has 0 aliphatic rings. The summed E-state index contributed by atoms with van der Waals surface area (Å²) in [5.41, 5.74) is 2.67. The summed E-state index contributed by atoms with van der Waals surface area (Å²) in [5.74, 6) is -0.0582. The van der Waals surface area contributed by atoms with Gasteiger partial charge in [-0.05, 0) is 24.3 Å². The first kappa shape index (κ1) is 12.2. The third-order valence-corrected chi connectivity index (χ3v) is 2.67. The Hall–Kier alpha value is -2.30. The second kappa shape index (κ2) is 5.86. The number of benzene rings is 1. The van der Waals surface area contributed by atoms with Gasteiger partial charge in [-0.2, -0.15) is 0 Å². The molecule has 0 unspecified atom stereocenters. The fraction of sp³-hybridized carbons (Fsp3) is 0.231. The first-order valence-electron chi connectivity index (χ1n) is 5.83. The number of amides is 1. The maximum atomic E-state index is 11.8. The maximum absolute atomic E-state index is 11.8. The number of imidazole rings is 1. The van der Waals surface area contributed by atoms with Crippen molar-refractivity contribution in [3.05, 3.63) is 48.0 Å². The van der Waals surface area contributed by atoms with Crippen LogP contribution in [0.2, 0.25) is 0 Å². The molecule has 0 radical (unpaired) electrons. The Balaban J connectivity index is 1.83. The summed E-state index contributed by atoms with van der Waals surface area (Å²) < 4.78 is 0. The Morgan fingerprint density at radius 3 is 2.72 bits per heavy atom. The van der Waals surface area contributed by atoms with Crippen molar-refractivity contribution in [2.75, 3.05) is 18.9 Å². The van der Waals surface area contributed by atoms with Crippen LogP contribution in [0.1, 0.15) is 16.1 Å². The van der Waals surface area contributed by atoms with Crippen LogP contribution in [-0.2, 0) is 6.42 Å². The van der Waals surface area contributed by atoms with Gasteiger partial charge in [0.1, 0.15) is 0 Å². The van der Waals surface area contributed by atoms with Crippen molar-refractivity contribution in [1.29, 1.82) is 0 Å². The van der Waals surface area contributed by atoms with Crippen molar-refractivity contribution in [1.82, 2.24) is 15.3 Å². The van der Waals surface area contributed by atoms with Crippen LogP contribution in [-0.4, -0.2) is 29.5 Å². The maximum Gasteiger partial charge on any atom is 0.251 e. The Labute approximate surface area is 106 Å². The van der Waals surface area contributed by atoms with E-state index in [0.717, 1.165) is 17.8 Å². The van der Waals surface area contributed by atoms with Crippen molar-refractivity contribution in [2.24, 2.45) is 0 Å². The Kier molecular flexibility index (Phi) is 3.96. The molecule has 0 aliphatic heterocycles. The largest absolute Gasteiger partial charge is 0.388 e. The highest BCUT2D eigenvalue weighted by atomic mass is 16.1. The second-order valence-electron chi connectivity index (χ2n) is 3.91. The lowest BCUT2D eigenvalue weighted by Gasteiger charge is -2.05. The highest BCUT2D eigenvalue weighted by Crippen LogP contribution is 2.08. The summed E-state index contributed by atoms with van der Waals surface area (Å²) in [6, 6.07) is 7.36. The average molecular weight is 244 g/mol. The molecule has 1 aromatic carbocycles. The zero-order valence-corrected chi connectivity index (χ0v) is 10.2. The number of carbonyl (C=O) groups is 1. The van der Waals surface area contributed by atoms with Gasteiger partial charge < -0.3 is 15.6 Å². The molecule has 0 fully saturated rings. The fourth-order valence-corrected chi connectivity index (χ4v) is 1.62. The lowest BCUT2D eigenvalue weighted by atomic mass is 10.2. The van der Waals surface area contributed by atoms with E-state index in [9.17, 15) is 4.79 Å². The predicted molar refractivity (Wildman–Crippen MR) is 70.6 cm³/mol. The van der Waals surface area contributed by atoms with Crippen LogP contribution in [0.5, 0.6) is 0 Å². The van der Waals surface area contributed by atoms with Crippen LogP contribution in [0.25, 0.3) is 0 Å². The molecule has 0 bridgehead atoms. The van der Waals surface area contributed by atoms with Gasteiger partial charge in [-0.25, -0.2) is 4.98 Å². The summed E-state index contributed by atoms with van der Waals surface area (Å²) in [6.07, 6.45) is 4.14. The number of hydrogen-bond acceptors (Lipinski definition) is 3. The summed E-state index contributed by atoms with van der Waals surface area (Å²) in [7, 11) is 1.85. The number of anilines is 1. The van der Waals surface area contributed by atoms with E-state index in [1.807, 2.05) is 19.2 Å². The first-order chi connectivity index (χ1) is 8.79. The van der Waals surface area contributed by atoms with Crippen molar-refractivity contribution in [3.8, 4) is 0 Å². The van der Waals surface area contributed by atoms with E-state index in [1.54, 1.807) is 24.7 Å². The molecule has 18 heavy (non-hydrogen) atoms. The minimum absolute atomic E-state index is 0.0582. The number of nitrogens with zero attached hydrogens (tertiary/aromatic N) is 1. The van der Waals surface area contributed by atoms with Gasteiger partial charge in [0, 0.05) is 43.2 Å². The molecule has 2 rings (SSSR count). The lowest BCUT2D eigenvalue weighted by Crippen LogP contribution is -2.25. The van der Waals surface area contributed by atoms with Crippen molar-refractivity contribution < 1.29 is 4.79 Å². The van der Waals surface area contributed by atoms with Gasteiger partial charge in [-0.3, -0.25) is 4.79 Å². The molecule has 94 valence electrons.